The minimum Gasteiger partial charge on any atom is -0.508 e. The molecular weight excluding hydrogens is 250 g/mol. The second-order valence-electron chi connectivity index (χ2n) is 5.61. The zero-order valence-corrected chi connectivity index (χ0v) is 11.7. The summed E-state index contributed by atoms with van der Waals surface area (Å²) < 4.78 is 0. The van der Waals surface area contributed by atoms with Gasteiger partial charge in [-0.2, -0.15) is 0 Å². The molecule has 2 atom stereocenters. The number of phenols is 2. The Hall–Kier alpha value is -2.16. The van der Waals surface area contributed by atoms with Crippen molar-refractivity contribution < 1.29 is 10.2 Å². The number of aromatic hydroxyl groups is 2. The van der Waals surface area contributed by atoms with Gasteiger partial charge in [-0.25, -0.2) is 0 Å². The van der Waals surface area contributed by atoms with Gasteiger partial charge in [0.1, 0.15) is 11.5 Å². The van der Waals surface area contributed by atoms with Gasteiger partial charge in [-0.3, -0.25) is 0 Å². The van der Waals surface area contributed by atoms with Crippen LogP contribution in [-0.2, 0) is 0 Å². The molecule has 0 saturated carbocycles. The highest BCUT2D eigenvalue weighted by Crippen LogP contribution is 2.47. The monoisotopic (exact) mass is 269 g/mol. The third-order valence-electron chi connectivity index (χ3n) is 4.10. The van der Waals surface area contributed by atoms with Gasteiger partial charge in [0.05, 0.1) is 6.04 Å². The Kier molecular flexibility index (Phi) is 3.05. The number of nitrogens with one attached hydrogen (secondary N) is 1. The first-order valence-electron chi connectivity index (χ1n) is 6.94. The van der Waals surface area contributed by atoms with Crippen LogP contribution in [0.3, 0.4) is 0 Å². The SMILES string of the molecule is Cc1ccc(O)c2c1C(C)CC2Nc1cccc(O)c1. The van der Waals surface area contributed by atoms with Crippen molar-refractivity contribution in [2.45, 2.75) is 32.2 Å². The molecule has 104 valence electrons. The average Bonchev–Trinajstić information content (AvgIpc) is 2.72. The van der Waals surface area contributed by atoms with E-state index in [0.29, 0.717) is 11.7 Å². The molecule has 0 fully saturated rings. The van der Waals surface area contributed by atoms with E-state index < -0.39 is 0 Å². The molecular formula is C17H19NO2. The lowest BCUT2D eigenvalue weighted by Crippen LogP contribution is -2.07. The summed E-state index contributed by atoms with van der Waals surface area (Å²) in [5, 5.41) is 23.1. The van der Waals surface area contributed by atoms with Crippen LogP contribution < -0.4 is 5.32 Å². The normalized spacial score (nSPS) is 20.7. The van der Waals surface area contributed by atoms with E-state index in [4.69, 9.17) is 0 Å². The first-order valence-corrected chi connectivity index (χ1v) is 6.94. The molecule has 0 spiro atoms. The highest BCUT2D eigenvalue weighted by Gasteiger charge is 2.32. The summed E-state index contributed by atoms with van der Waals surface area (Å²) in [5.74, 6) is 1.02. The molecule has 20 heavy (non-hydrogen) atoms. The molecule has 0 radical (unpaired) electrons. The molecule has 2 unspecified atom stereocenters. The average molecular weight is 269 g/mol. The van der Waals surface area contributed by atoms with Gasteiger partial charge in [0, 0.05) is 17.3 Å². The van der Waals surface area contributed by atoms with Gasteiger partial charge in [0.15, 0.2) is 0 Å². The Balaban J connectivity index is 1.97. The Labute approximate surface area is 118 Å². The third kappa shape index (κ3) is 2.09. The van der Waals surface area contributed by atoms with Crippen molar-refractivity contribution in [3.05, 3.63) is 53.1 Å². The van der Waals surface area contributed by atoms with E-state index in [1.165, 1.54) is 11.1 Å². The fourth-order valence-electron chi connectivity index (χ4n) is 3.27. The predicted octanol–water partition coefficient (Wildman–Crippen LogP) is 4.07. The molecule has 0 aliphatic heterocycles. The molecule has 0 aromatic heterocycles. The van der Waals surface area contributed by atoms with Gasteiger partial charge in [0.2, 0.25) is 0 Å². The van der Waals surface area contributed by atoms with Crippen LogP contribution in [-0.4, -0.2) is 10.2 Å². The first kappa shape index (κ1) is 12.9. The van der Waals surface area contributed by atoms with Crippen LogP contribution in [0.15, 0.2) is 36.4 Å². The number of benzene rings is 2. The van der Waals surface area contributed by atoms with Crippen molar-refractivity contribution in [2.24, 2.45) is 0 Å². The lowest BCUT2D eigenvalue weighted by atomic mass is 9.97. The van der Waals surface area contributed by atoms with Crippen molar-refractivity contribution in [1.29, 1.82) is 0 Å². The van der Waals surface area contributed by atoms with Gasteiger partial charge in [-0.1, -0.05) is 19.1 Å². The topological polar surface area (TPSA) is 52.5 Å². The molecule has 3 heteroatoms. The largest absolute Gasteiger partial charge is 0.508 e. The Morgan fingerprint density at radius 2 is 1.90 bits per heavy atom. The summed E-state index contributed by atoms with van der Waals surface area (Å²) >= 11 is 0. The predicted molar refractivity (Wildman–Crippen MR) is 80.3 cm³/mol. The number of phenolic OH excluding ortho intramolecular Hbond substituents is 2. The molecule has 0 bridgehead atoms. The number of rotatable bonds is 2. The maximum Gasteiger partial charge on any atom is 0.121 e. The van der Waals surface area contributed by atoms with Gasteiger partial charge >= 0.3 is 0 Å². The second kappa shape index (κ2) is 4.75. The fourth-order valence-corrected chi connectivity index (χ4v) is 3.27. The van der Waals surface area contributed by atoms with Crippen molar-refractivity contribution in [1.82, 2.24) is 0 Å². The third-order valence-corrected chi connectivity index (χ3v) is 4.10. The van der Waals surface area contributed by atoms with Crippen molar-refractivity contribution in [2.75, 3.05) is 5.32 Å². The van der Waals surface area contributed by atoms with Gasteiger partial charge in [0.25, 0.3) is 0 Å². The van der Waals surface area contributed by atoms with Crippen LogP contribution in [0.1, 0.15) is 42.0 Å². The van der Waals surface area contributed by atoms with Crippen molar-refractivity contribution in [3.8, 4) is 11.5 Å². The van der Waals surface area contributed by atoms with Crippen LogP contribution >= 0.6 is 0 Å². The standard InChI is InChI=1S/C17H19NO2/c1-10-6-7-15(20)17-14(8-11(2)16(10)17)18-12-4-3-5-13(19)9-12/h3-7,9,11,14,18-20H,8H2,1-2H3. The summed E-state index contributed by atoms with van der Waals surface area (Å²) in [5.41, 5.74) is 4.35. The van der Waals surface area contributed by atoms with E-state index in [0.717, 1.165) is 17.7 Å². The number of fused-ring (bicyclic) bond motifs is 1. The maximum absolute atomic E-state index is 10.2. The quantitative estimate of drug-likeness (QED) is 0.770. The van der Waals surface area contributed by atoms with Crippen molar-refractivity contribution >= 4 is 5.69 Å². The summed E-state index contributed by atoms with van der Waals surface area (Å²) in [4.78, 5) is 0. The molecule has 3 N–H and O–H groups in total. The van der Waals surface area contributed by atoms with E-state index in [1.54, 1.807) is 18.2 Å². The highest BCUT2D eigenvalue weighted by atomic mass is 16.3. The summed E-state index contributed by atoms with van der Waals surface area (Å²) in [6, 6.07) is 10.9. The summed E-state index contributed by atoms with van der Waals surface area (Å²) in [6.45, 7) is 4.28. The lowest BCUT2D eigenvalue weighted by molar-refractivity contribution is 0.465. The number of hydrogen-bond acceptors (Lipinski definition) is 3. The minimum atomic E-state index is 0.0849. The highest BCUT2D eigenvalue weighted by molar-refractivity contribution is 5.56. The number of anilines is 1. The van der Waals surface area contributed by atoms with E-state index >= 15 is 0 Å². The van der Waals surface area contributed by atoms with Crippen LogP contribution in [0.4, 0.5) is 5.69 Å². The van der Waals surface area contributed by atoms with E-state index in [9.17, 15) is 10.2 Å². The van der Waals surface area contributed by atoms with Crippen LogP contribution in [0.25, 0.3) is 0 Å². The van der Waals surface area contributed by atoms with Gasteiger partial charge in [-0.05, 0) is 48.6 Å². The van der Waals surface area contributed by atoms with Gasteiger partial charge in [-0.15, -0.1) is 0 Å². The zero-order chi connectivity index (χ0) is 14.3. The van der Waals surface area contributed by atoms with Crippen LogP contribution in [0.2, 0.25) is 0 Å². The van der Waals surface area contributed by atoms with E-state index in [1.807, 2.05) is 18.2 Å². The molecule has 1 aliphatic carbocycles. The molecule has 0 saturated heterocycles. The maximum atomic E-state index is 10.2. The molecule has 3 rings (SSSR count). The van der Waals surface area contributed by atoms with Crippen molar-refractivity contribution in [3.63, 3.8) is 0 Å². The van der Waals surface area contributed by atoms with E-state index in [-0.39, 0.29) is 11.8 Å². The Morgan fingerprint density at radius 3 is 2.65 bits per heavy atom. The van der Waals surface area contributed by atoms with E-state index in [2.05, 4.69) is 19.2 Å². The molecule has 0 amide bonds. The first-order chi connectivity index (χ1) is 9.56. The Morgan fingerprint density at radius 1 is 1.10 bits per heavy atom. The van der Waals surface area contributed by atoms with Gasteiger partial charge < -0.3 is 15.5 Å². The fraction of sp³-hybridized carbons (Fsp3) is 0.294. The summed E-state index contributed by atoms with van der Waals surface area (Å²) in [6.07, 6.45) is 0.948. The molecule has 0 heterocycles. The molecule has 3 nitrogen and oxygen atoms in total. The zero-order valence-electron chi connectivity index (χ0n) is 11.7. The van der Waals surface area contributed by atoms with Crippen LogP contribution in [0, 0.1) is 6.92 Å². The smallest absolute Gasteiger partial charge is 0.121 e. The molecule has 1 aliphatic rings. The summed E-state index contributed by atoms with van der Waals surface area (Å²) in [7, 11) is 0. The second-order valence-corrected chi connectivity index (χ2v) is 5.61. The molecule has 2 aromatic rings. The van der Waals surface area contributed by atoms with Crippen LogP contribution in [0.5, 0.6) is 11.5 Å². The number of hydrogen-bond donors (Lipinski definition) is 3. The lowest BCUT2D eigenvalue weighted by Gasteiger charge is -2.17. The minimum absolute atomic E-state index is 0.0849. The number of aryl methyl sites for hydroxylation is 1. The Bertz CT molecular complexity index is 651. The molecule has 2 aromatic carbocycles.